The Morgan fingerprint density at radius 1 is 1.47 bits per heavy atom. The third-order valence-corrected chi connectivity index (χ3v) is 4.90. The fourth-order valence-corrected chi connectivity index (χ4v) is 3.83. The van der Waals surface area contributed by atoms with Crippen LogP contribution in [0.5, 0.6) is 0 Å². The predicted octanol–water partition coefficient (Wildman–Crippen LogP) is -1.26. The molecule has 1 aliphatic heterocycles. The van der Waals surface area contributed by atoms with Gasteiger partial charge in [0.25, 0.3) is 5.56 Å². The van der Waals surface area contributed by atoms with Gasteiger partial charge in [-0.1, -0.05) is 0 Å². The molecule has 1 aromatic rings. The molecule has 0 spiro atoms. The fourth-order valence-electron chi connectivity index (χ4n) is 2.15. The number of sulfone groups is 1. The Balaban J connectivity index is 2.36. The lowest BCUT2D eigenvalue weighted by Gasteiger charge is -2.15. The van der Waals surface area contributed by atoms with E-state index in [9.17, 15) is 18.0 Å². The predicted molar refractivity (Wildman–Crippen MR) is 72.1 cm³/mol. The number of aromatic nitrogens is 2. The van der Waals surface area contributed by atoms with Crippen molar-refractivity contribution >= 4 is 21.3 Å². The van der Waals surface area contributed by atoms with Gasteiger partial charge in [-0.05, 0) is 13.3 Å². The maximum atomic E-state index is 11.7. The Labute approximate surface area is 109 Å². The Bertz CT molecular complexity index is 703. The number of aromatic amines is 1. The first-order valence-electron chi connectivity index (χ1n) is 5.93. The van der Waals surface area contributed by atoms with E-state index in [1.54, 1.807) is 6.92 Å². The van der Waals surface area contributed by atoms with Crippen molar-refractivity contribution in [3.63, 3.8) is 0 Å². The first kappa shape index (κ1) is 13.7. The molecule has 0 saturated carbocycles. The summed E-state index contributed by atoms with van der Waals surface area (Å²) in [5.74, 6) is 0.0908. The molecule has 19 heavy (non-hydrogen) atoms. The lowest BCUT2D eigenvalue weighted by molar-refractivity contribution is 0.602. The Hall–Kier alpha value is -1.77. The van der Waals surface area contributed by atoms with Crippen LogP contribution in [0.2, 0.25) is 0 Å². The molecule has 106 valence electrons. The van der Waals surface area contributed by atoms with Crippen LogP contribution in [0.4, 0.5) is 11.5 Å². The number of rotatable bonds is 3. The van der Waals surface area contributed by atoms with Gasteiger partial charge >= 0.3 is 5.69 Å². The summed E-state index contributed by atoms with van der Waals surface area (Å²) in [6, 6.07) is -0.351. The van der Waals surface area contributed by atoms with Crippen LogP contribution in [-0.4, -0.2) is 35.5 Å². The summed E-state index contributed by atoms with van der Waals surface area (Å²) in [5.41, 5.74) is 4.63. The van der Waals surface area contributed by atoms with Crippen LogP contribution in [0.25, 0.3) is 0 Å². The van der Waals surface area contributed by atoms with E-state index >= 15 is 0 Å². The van der Waals surface area contributed by atoms with Crippen LogP contribution >= 0.6 is 0 Å². The minimum atomic E-state index is -3.05. The Morgan fingerprint density at radius 3 is 2.68 bits per heavy atom. The van der Waals surface area contributed by atoms with Crippen molar-refractivity contribution in [1.82, 2.24) is 9.55 Å². The van der Waals surface area contributed by atoms with E-state index in [1.165, 1.54) is 4.57 Å². The van der Waals surface area contributed by atoms with Crippen molar-refractivity contribution in [2.45, 2.75) is 25.9 Å². The summed E-state index contributed by atoms with van der Waals surface area (Å²) in [4.78, 5) is 25.4. The van der Waals surface area contributed by atoms with E-state index in [2.05, 4.69) is 10.3 Å². The molecule has 1 atom stereocenters. The second-order valence-electron chi connectivity index (χ2n) is 4.51. The second-order valence-corrected chi connectivity index (χ2v) is 6.74. The SMILES string of the molecule is CCn1c(N)c(NC2CCS(=O)(=O)C2)c(=O)[nH]c1=O. The van der Waals surface area contributed by atoms with Crippen molar-refractivity contribution < 1.29 is 8.42 Å². The van der Waals surface area contributed by atoms with Crippen molar-refractivity contribution in [3.05, 3.63) is 20.8 Å². The minimum absolute atomic E-state index is 0.0283. The Morgan fingerprint density at radius 2 is 2.16 bits per heavy atom. The standard InChI is InChI=1S/C10H16N4O4S/c1-2-14-8(11)7(9(15)13-10(14)16)12-6-3-4-19(17,18)5-6/h6,12H,2-5,11H2,1H3,(H,13,15,16). The van der Waals surface area contributed by atoms with Crippen molar-refractivity contribution in [3.8, 4) is 0 Å². The maximum Gasteiger partial charge on any atom is 0.330 e. The van der Waals surface area contributed by atoms with Crippen molar-refractivity contribution in [1.29, 1.82) is 0 Å². The maximum absolute atomic E-state index is 11.7. The summed E-state index contributed by atoms with van der Waals surface area (Å²) in [7, 11) is -3.05. The summed E-state index contributed by atoms with van der Waals surface area (Å²) < 4.78 is 23.9. The largest absolute Gasteiger partial charge is 0.383 e. The van der Waals surface area contributed by atoms with Gasteiger partial charge in [-0.3, -0.25) is 14.3 Å². The average molecular weight is 288 g/mol. The van der Waals surface area contributed by atoms with Gasteiger partial charge in [0, 0.05) is 12.6 Å². The molecule has 2 heterocycles. The number of nitrogen functional groups attached to an aromatic ring is 1. The van der Waals surface area contributed by atoms with Crippen LogP contribution < -0.4 is 22.3 Å². The fraction of sp³-hybridized carbons (Fsp3) is 0.600. The second kappa shape index (κ2) is 4.72. The number of H-pyrrole nitrogens is 1. The molecule has 4 N–H and O–H groups in total. The first-order chi connectivity index (χ1) is 8.84. The number of nitrogens with one attached hydrogen (secondary N) is 2. The van der Waals surface area contributed by atoms with Crippen LogP contribution in [0.3, 0.4) is 0 Å². The molecule has 9 heteroatoms. The summed E-state index contributed by atoms with van der Waals surface area (Å²) in [5, 5.41) is 2.83. The van der Waals surface area contributed by atoms with Crippen LogP contribution in [0.1, 0.15) is 13.3 Å². The van der Waals surface area contributed by atoms with Gasteiger partial charge in [0.05, 0.1) is 11.5 Å². The highest BCUT2D eigenvalue weighted by molar-refractivity contribution is 7.91. The lowest BCUT2D eigenvalue weighted by Crippen LogP contribution is -2.35. The number of anilines is 2. The molecule has 0 amide bonds. The molecule has 1 unspecified atom stereocenters. The normalized spacial score (nSPS) is 21.4. The Kier molecular flexibility index (Phi) is 3.40. The number of nitrogens with two attached hydrogens (primary N) is 1. The van der Waals surface area contributed by atoms with Crippen molar-refractivity contribution in [2.24, 2.45) is 0 Å². The van der Waals surface area contributed by atoms with Gasteiger partial charge in [-0.2, -0.15) is 0 Å². The van der Waals surface area contributed by atoms with Gasteiger partial charge in [0.1, 0.15) is 11.5 Å². The molecule has 0 aliphatic carbocycles. The quantitative estimate of drug-likeness (QED) is 0.637. The van der Waals surface area contributed by atoms with Gasteiger partial charge < -0.3 is 11.1 Å². The summed E-state index contributed by atoms with van der Waals surface area (Å²) in [6.45, 7) is 2.04. The molecule has 0 aromatic carbocycles. The van der Waals surface area contributed by atoms with Crippen molar-refractivity contribution in [2.75, 3.05) is 22.6 Å². The minimum Gasteiger partial charge on any atom is -0.383 e. The summed E-state index contributed by atoms with van der Waals surface area (Å²) in [6.07, 6.45) is 0.423. The number of hydrogen-bond donors (Lipinski definition) is 3. The molecule has 1 aromatic heterocycles. The molecule has 1 aliphatic rings. The summed E-state index contributed by atoms with van der Waals surface area (Å²) >= 11 is 0. The van der Waals surface area contributed by atoms with E-state index in [-0.39, 0.29) is 29.1 Å². The van der Waals surface area contributed by atoms with E-state index in [0.29, 0.717) is 13.0 Å². The number of hydrogen-bond acceptors (Lipinski definition) is 6. The van der Waals surface area contributed by atoms with Gasteiger partial charge in [0.15, 0.2) is 9.84 Å². The highest BCUT2D eigenvalue weighted by Crippen LogP contribution is 2.18. The smallest absolute Gasteiger partial charge is 0.330 e. The van der Waals surface area contributed by atoms with Crippen LogP contribution in [0, 0.1) is 0 Å². The third-order valence-electron chi connectivity index (χ3n) is 3.14. The van der Waals surface area contributed by atoms with Gasteiger partial charge in [0.2, 0.25) is 0 Å². The molecule has 8 nitrogen and oxygen atoms in total. The molecule has 2 rings (SSSR count). The lowest BCUT2D eigenvalue weighted by atomic mass is 10.2. The van der Waals surface area contributed by atoms with E-state index < -0.39 is 21.1 Å². The highest BCUT2D eigenvalue weighted by atomic mass is 32.2. The van der Waals surface area contributed by atoms with Gasteiger partial charge in [-0.25, -0.2) is 13.2 Å². The van der Waals surface area contributed by atoms with E-state index in [1.807, 2.05) is 0 Å². The average Bonchev–Trinajstić information content (AvgIpc) is 2.64. The monoisotopic (exact) mass is 288 g/mol. The molecular weight excluding hydrogens is 272 g/mol. The number of nitrogens with zero attached hydrogens (tertiary/aromatic N) is 1. The third kappa shape index (κ3) is 2.65. The van der Waals surface area contributed by atoms with E-state index in [0.717, 1.165) is 0 Å². The van der Waals surface area contributed by atoms with E-state index in [4.69, 9.17) is 5.73 Å². The first-order valence-corrected chi connectivity index (χ1v) is 7.75. The van der Waals surface area contributed by atoms with Crippen LogP contribution in [-0.2, 0) is 16.4 Å². The zero-order chi connectivity index (χ0) is 14.2. The zero-order valence-corrected chi connectivity index (χ0v) is 11.3. The molecule has 0 bridgehead atoms. The highest BCUT2D eigenvalue weighted by Gasteiger charge is 2.29. The topological polar surface area (TPSA) is 127 Å². The van der Waals surface area contributed by atoms with Gasteiger partial charge in [-0.15, -0.1) is 0 Å². The molecule has 1 fully saturated rings. The molecule has 0 radical (unpaired) electrons. The molecule has 1 saturated heterocycles. The molecular formula is C10H16N4O4S. The van der Waals surface area contributed by atoms with Crippen LogP contribution in [0.15, 0.2) is 9.59 Å². The zero-order valence-electron chi connectivity index (χ0n) is 10.5.